The second-order valence-corrected chi connectivity index (χ2v) is 6.62. The van der Waals surface area contributed by atoms with Crippen LogP contribution in [-0.4, -0.2) is 45.4 Å². The Morgan fingerprint density at radius 1 is 1.33 bits per heavy atom. The standard InChI is InChI=1S/C13H18ClNO2S/c14-12-4-2-1-3-11(12)13(16)5-6-15-7-9-18(17)10-8-15/h1-4,13,16H,5-10H2. The summed E-state index contributed by atoms with van der Waals surface area (Å²) >= 11 is 6.05. The van der Waals surface area contributed by atoms with Crippen LogP contribution >= 0.6 is 11.6 Å². The number of hydrogen-bond donors (Lipinski definition) is 1. The summed E-state index contributed by atoms with van der Waals surface area (Å²) in [4.78, 5) is 2.25. The van der Waals surface area contributed by atoms with Gasteiger partial charge in [0.05, 0.1) is 6.10 Å². The highest BCUT2D eigenvalue weighted by atomic mass is 35.5. The maximum absolute atomic E-state index is 11.2. The largest absolute Gasteiger partial charge is 0.388 e. The molecule has 1 heterocycles. The van der Waals surface area contributed by atoms with Crippen LogP contribution in [0.2, 0.25) is 5.02 Å². The molecule has 0 spiro atoms. The Bertz CT molecular complexity index is 417. The predicted octanol–water partition coefficient (Wildman–Crippen LogP) is 1.83. The molecule has 0 aromatic heterocycles. The maximum atomic E-state index is 11.2. The van der Waals surface area contributed by atoms with Gasteiger partial charge in [-0.3, -0.25) is 4.21 Å². The second kappa shape index (κ2) is 6.66. The lowest BCUT2D eigenvalue weighted by atomic mass is 10.1. The summed E-state index contributed by atoms with van der Waals surface area (Å²) in [5.74, 6) is 1.50. The monoisotopic (exact) mass is 287 g/mol. The number of halogens is 1. The van der Waals surface area contributed by atoms with Crippen molar-refractivity contribution >= 4 is 22.4 Å². The van der Waals surface area contributed by atoms with Gasteiger partial charge in [0.25, 0.3) is 0 Å². The van der Waals surface area contributed by atoms with Crippen molar-refractivity contribution in [1.82, 2.24) is 4.90 Å². The minimum atomic E-state index is -0.640. The van der Waals surface area contributed by atoms with E-state index in [1.54, 1.807) is 6.07 Å². The summed E-state index contributed by atoms with van der Waals surface area (Å²) in [6.07, 6.45) is 0.141. The molecule has 0 bridgehead atoms. The zero-order valence-electron chi connectivity index (χ0n) is 10.2. The van der Waals surface area contributed by atoms with E-state index in [0.29, 0.717) is 11.4 Å². The minimum absolute atomic E-state index is 0.522. The lowest BCUT2D eigenvalue weighted by Crippen LogP contribution is -2.38. The quantitative estimate of drug-likeness (QED) is 0.918. The van der Waals surface area contributed by atoms with Crippen molar-refractivity contribution in [3.05, 3.63) is 34.9 Å². The smallest absolute Gasteiger partial charge is 0.0816 e. The third-order valence-corrected chi connectivity index (χ3v) is 4.87. The van der Waals surface area contributed by atoms with Crippen molar-refractivity contribution in [1.29, 1.82) is 0 Å². The average Bonchev–Trinajstić information content (AvgIpc) is 2.38. The first-order valence-electron chi connectivity index (χ1n) is 6.16. The number of hydrogen-bond acceptors (Lipinski definition) is 3. The summed E-state index contributed by atoms with van der Waals surface area (Å²) in [5, 5.41) is 10.7. The van der Waals surface area contributed by atoms with E-state index in [4.69, 9.17) is 11.6 Å². The Kier molecular flexibility index (Phi) is 5.18. The average molecular weight is 288 g/mol. The molecule has 1 atom stereocenters. The van der Waals surface area contributed by atoms with Crippen molar-refractivity contribution in [3.63, 3.8) is 0 Å². The van der Waals surface area contributed by atoms with Gasteiger partial charge < -0.3 is 10.0 Å². The molecule has 5 heteroatoms. The fourth-order valence-corrected chi connectivity index (χ4v) is 3.49. The number of aliphatic hydroxyl groups excluding tert-OH is 1. The maximum Gasteiger partial charge on any atom is 0.0816 e. The molecule has 1 saturated heterocycles. The summed E-state index contributed by atoms with van der Waals surface area (Å²) in [6, 6.07) is 7.40. The second-order valence-electron chi connectivity index (χ2n) is 4.52. The first-order chi connectivity index (χ1) is 8.66. The lowest BCUT2D eigenvalue weighted by molar-refractivity contribution is 0.145. The summed E-state index contributed by atoms with van der Waals surface area (Å²) in [6.45, 7) is 2.55. The van der Waals surface area contributed by atoms with Gasteiger partial charge in [-0.2, -0.15) is 0 Å². The van der Waals surface area contributed by atoms with E-state index in [0.717, 1.165) is 36.7 Å². The molecule has 1 aliphatic heterocycles. The molecule has 18 heavy (non-hydrogen) atoms. The highest BCUT2D eigenvalue weighted by Crippen LogP contribution is 2.25. The molecule has 3 nitrogen and oxygen atoms in total. The Morgan fingerprint density at radius 2 is 2.00 bits per heavy atom. The molecule has 1 fully saturated rings. The zero-order valence-corrected chi connectivity index (χ0v) is 11.8. The molecule has 0 amide bonds. The number of nitrogens with zero attached hydrogens (tertiary/aromatic N) is 1. The van der Waals surface area contributed by atoms with Gasteiger partial charge >= 0.3 is 0 Å². The van der Waals surface area contributed by atoms with Crippen molar-refractivity contribution < 1.29 is 9.32 Å². The summed E-state index contributed by atoms with van der Waals surface area (Å²) in [5.41, 5.74) is 0.791. The number of aliphatic hydroxyl groups is 1. The van der Waals surface area contributed by atoms with Gasteiger partial charge in [0, 0.05) is 47.0 Å². The Hall–Kier alpha value is -0.420. The fourth-order valence-electron chi connectivity index (χ4n) is 2.11. The minimum Gasteiger partial charge on any atom is -0.388 e. The topological polar surface area (TPSA) is 40.5 Å². The van der Waals surface area contributed by atoms with E-state index < -0.39 is 16.9 Å². The molecule has 1 aromatic rings. The van der Waals surface area contributed by atoms with E-state index in [1.807, 2.05) is 18.2 Å². The molecule has 100 valence electrons. The number of benzene rings is 1. The van der Waals surface area contributed by atoms with Gasteiger partial charge in [0.15, 0.2) is 0 Å². The van der Waals surface area contributed by atoms with Crippen LogP contribution in [0.3, 0.4) is 0 Å². The van der Waals surface area contributed by atoms with Gasteiger partial charge in [-0.25, -0.2) is 0 Å². The molecule has 0 aliphatic carbocycles. The van der Waals surface area contributed by atoms with E-state index in [9.17, 15) is 9.32 Å². The van der Waals surface area contributed by atoms with Crippen LogP contribution in [0.15, 0.2) is 24.3 Å². The van der Waals surface area contributed by atoms with Crippen molar-refractivity contribution in [2.24, 2.45) is 0 Å². The Morgan fingerprint density at radius 3 is 2.67 bits per heavy atom. The SMILES string of the molecule is O=S1CCN(CCC(O)c2ccccc2Cl)CC1. The Balaban J connectivity index is 1.83. The van der Waals surface area contributed by atoms with Gasteiger partial charge in [-0.05, 0) is 18.1 Å². The highest BCUT2D eigenvalue weighted by Gasteiger charge is 2.17. The predicted molar refractivity (Wildman–Crippen MR) is 75.3 cm³/mol. The molecular formula is C13H18ClNO2S. The fraction of sp³-hybridized carbons (Fsp3) is 0.538. The first-order valence-corrected chi connectivity index (χ1v) is 8.03. The lowest BCUT2D eigenvalue weighted by Gasteiger charge is -2.27. The third kappa shape index (κ3) is 3.79. The number of rotatable bonds is 4. The highest BCUT2D eigenvalue weighted by molar-refractivity contribution is 7.85. The van der Waals surface area contributed by atoms with Crippen molar-refractivity contribution in [2.75, 3.05) is 31.1 Å². The van der Waals surface area contributed by atoms with E-state index in [2.05, 4.69) is 4.90 Å². The molecule has 1 unspecified atom stereocenters. The van der Waals surface area contributed by atoms with E-state index >= 15 is 0 Å². The van der Waals surface area contributed by atoms with Crippen LogP contribution < -0.4 is 0 Å². The molecular weight excluding hydrogens is 270 g/mol. The normalized spacial score (nSPS) is 19.9. The van der Waals surface area contributed by atoms with E-state index in [-0.39, 0.29) is 0 Å². The zero-order chi connectivity index (χ0) is 13.0. The van der Waals surface area contributed by atoms with Crippen LogP contribution in [0.5, 0.6) is 0 Å². The van der Waals surface area contributed by atoms with Gasteiger partial charge in [0.2, 0.25) is 0 Å². The van der Waals surface area contributed by atoms with Crippen molar-refractivity contribution in [2.45, 2.75) is 12.5 Å². The van der Waals surface area contributed by atoms with Crippen LogP contribution in [0.1, 0.15) is 18.1 Å². The Labute approximate surface area is 115 Å². The molecule has 0 radical (unpaired) electrons. The van der Waals surface area contributed by atoms with Crippen LogP contribution in [-0.2, 0) is 10.8 Å². The van der Waals surface area contributed by atoms with Crippen LogP contribution in [0.4, 0.5) is 0 Å². The van der Waals surface area contributed by atoms with Crippen LogP contribution in [0.25, 0.3) is 0 Å². The van der Waals surface area contributed by atoms with Gasteiger partial charge in [-0.1, -0.05) is 29.8 Å². The molecule has 2 rings (SSSR count). The molecule has 1 aliphatic rings. The van der Waals surface area contributed by atoms with Gasteiger partial charge in [-0.15, -0.1) is 0 Å². The first kappa shape index (κ1) is 14.0. The molecule has 0 saturated carbocycles. The van der Waals surface area contributed by atoms with Crippen molar-refractivity contribution in [3.8, 4) is 0 Å². The van der Waals surface area contributed by atoms with Gasteiger partial charge in [0.1, 0.15) is 0 Å². The molecule has 1 N–H and O–H groups in total. The van der Waals surface area contributed by atoms with Crippen LogP contribution in [0, 0.1) is 0 Å². The molecule has 1 aromatic carbocycles. The third-order valence-electron chi connectivity index (χ3n) is 3.25. The summed E-state index contributed by atoms with van der Waals surface area (Å²) < 4.78 is 11.2. The van der Waals surface area contributed by atoms with E-state index in [1.165, 1.54) is 0 Å². The summed E-state index contributed by atoms with van der Waals surface area (Å²) in [7, 11) is -0.640.